The monoisotopic (exact) mass is 515 g/mol. The minimum absolute atomic E-state index is 0.158. The van der Waals surface area contributed by atoms with Crippen molar-refractivity contribution >= 4 is 40.9 Å². The number of halogens is 1. The van der Waals surface area contributed by atoms with E-state index in [-0.39, 0.29) is 23.6 Å². The maximum absolute atomic E-state index is 12.9. The summed E-state index contributed by atoms with van der Waals surface area (Å²) in [6.45, 7) is 6.66. The Bertz CT molecular complexity index is 1150. The number of ether oxygens (including phenoxy) is 1. The van der Waals surface area contributed by atoms with Gasteiger partial charge in [-0.3, -0.25) is 9.59 Å². The molecule has 0 aliphatic heterocycles. The molecule has 0 unspecified atom stereocenters. The Labute approximate surface area is 214 Å². The van der Waals surface area contributed by atoms with Crippen LogP contribution in [0.25, 0.3) is 0 Å². The Hall–Kier alpha value is -3.04. The molecule has 1 atom stereocenters. The van der Waals surface area contributed by atoms with Crippen LogP contribution >= 0.6 is 23.4 Å². The van der Waals surface area contributed by atoms with Crippen LogP contribution in [0, 0.1) is 5.92 Å². The summed E-state index contributed by atoms with van der Waals surface area (Å²) < 4.78 is 7.23. The quantitative estimate of drug-likeness (QED) is 0.344. The van der Waals surface area contributed by atoms with Crippen LogP contribution in [0.4, 0.5) is 5.69 Å². The molecule has 10 heteroatoms. The highest BCUT2D eigenvalue weighted by atomic mass is 35.5. The Morgan fingerprint density at radius 3 is 2.49 bits per heavy atom. The normalized spacial score (nSPS) is 11.8. The van der Waals surface area contributed by atoms with Gasteiger partial charge in [0.25, 0.3) is 5.91 Å². The summed E-state index contributed by atoms with van der Waals surface area (Å²) in [4.78, 5) is 25.3. The predicted molar refractivity (Wildman–Crippen MR) is 139 cm³/mol. The van der Waals surface area contributed by atoms with Crippen LogP contribution in [0.3, 0.4) is 0 Å². The molecular formula is C25H30ClN5O3S. The second-order valence-electron chi connectivity index (χ2n) is 8.33. The topological polar surface area (TPSA) is 98.1 Å². The average Bonchev–Trinajstić information content (AvgIpc) is 3.19. The van der Waals surface area contributed by atoms with Crippen LogP contribution < -0.4 is 15.4 Å². The van der Waals surface area contributed by atoms with Crippen LogP contribution in [0.1, 0.15) is 49.4 Å². The zero-order valence-corrected chi connectivity index (χ0v) is 21.8. The molecule has 0 bridgehead atoms. The van der Waals surface area contributed by atoms with Gasteiger partial charge in [0, 0.05) is 12.7 Å². The minimum atomic E-state index is -0.358. The first kappa shape index (κ1) is 26.6. The van der Waals surface area contributed by atoms with Crippen molar-refractivity contribution in [1.82, 2.24) is 20.1 Å². The molecule has 0 spiro atoms. The molecule has 0 aliphatic rings. The van der Waals surface area contributed by atoms with Crippen molar-refractivity contribution in [3.63, 3.8) is 0 Å². The lowest BCUT2D eigenvalue weighted by Crippen LogP contribution is -2.31. The van der Waals surface area contributed by atoms with Gasteiger partial charge in [-0.25, -0.2) is 0 Å². The van der Waals surface area contributed by atoms with E-state index in [4.69, 9.17) is 16.3 Å². The number of carbonyl (C=O) groups is 2. The third kappa shape index (κ3) is 7.47. The van der Waals surface area contributed by atoms with E-state index in [9.17, 15) is 9.59 Å². The molecule has 2 N–H and O–H groups in total. The number of nitrogens with one attached hydrogen (secondary N) is 2. The first-order chi connectivity index (χ1) is 16.8. The standard InChI is InChI=1S/C25H30ClN5O3S/c1-5-34-18-12-10-17(11-13-18)27-22(32)15-35-25-30-29-23(31(25)4)21(14-16(2)3)28-24(33)19-8-6-7-9-20(19)26/h6-13,16,21H,5,14-15H2,1-4H3,(H,27,32)(H,28,33)/t21-/m0/s1. The Morgan fingerprint density at radius 2 is 1.83 bits per heavy atom. The summed E-state index contributed by atoms with van der Waals surface area (Å²) in [6.07, 6.45) is 0.672. The maximum Gasteiger partial charge on any atom is 0.253 e. The number of carbonyl (C=O) groups excluding carboxylic acids is 2. The van der Waals surface area contributed by atoms with Crippen LogP contribution in [-0.4, -0.2) is 38.9 Å². The van der Waals surface area contributed by atoms with Crippen LogP contribution in [-0.2, 0) is 11.8 Å². The average molecular weight is 516 g/mol. The molecule has 0 radical (unpaired) electrons. The summed E-state index contributed by atoms with van der Waals surface area (Å²) in [6, 6.07) is 13.8. The SMILES string of the molecule is CCOc1ccc(NC(=O)CSc2nnc([C@H](CC(C)C)NC(=O)c3ccccc3Cl)n2C)cc1. The molecule has 0 saturated carbocycles. The molecule has 3 aromatic rings. The molecule has 8 nitrogen and oxygen atoms in total. The highest BCUT2D eigenvalue weighted by Crippen LogP contribution is 2.25. The van der Waals surface area contributed by atoms with E-state index in [1.807, 2.05) is 30.7 Å². The van der Waals surface area contributed by atoms with Gasteiger partial charge in [-0.15, -0.1) is 10.2 Å². The van der Waals surface area contributed by atoms with E-state index in [0.29, 0.717) is 46.2 Å². The Morgan fingerprint density at radius 1 is 1.11 bits per heavy atom. The van der Waals surface area contributed by atoms with Crippen molar-refractivity contribution in [2.45, 2.75) is 38.4 Å². The number of hydrogen-bond donors (Lipinski definition) is 2. The number of amides is 2. The fourth-order valence-electron chi connectivity index (χ4n) is 3.47. The number of benzene rings is 2. The largest absolute Gasteiger partial charge is 0.494 e. The number of nitrogens with zero attached hydrogens (tertiary/aromatic N) is 3. The smallest absolute Gasteiger partial charge is 0.253 e. The fraction of sp³-hybridized carbons (Fsp3) is 0.360. The third-order valence-corrected chi connectivity index (χ3v) is 6.44. The van der Waals surface area contributed by atoms with Crippen molar-refractivity contribution < 1.29 is 14.3 Å². The van der Waals surface area contributed by atoms with Gasteiger partial charge < -0.3 is 19.9 Å². The predicted octanol–water partition coefficient (Wildman–Crippen LogP) is 5.12. The lowest BCUT2D eigenvalue weighted by Gasteiger charge is -2.20. The second kappa shape index (κ2) is 12.6. The van der Waals surface area contributed by atoms with Crippen LogP contribution in [0.5, 0.6) is 5.75 Å². The number of anilines is 1. The lowest BCUT2D eigenvalue weighted by molar-refractivity contribution is -0.113. The molecule has 186 valence electrons. The number of rotatable bonds is 11. The van der Waals surface area contributed by atoms with E-state index < -0.39 is 0 Å². The summed E-state index contributed by atoms with van der Waals surface area (Å²) in [5.74, 6) is 1.42. The first-order valence-electron chi connectivity index (χ1n) is 11.4. The van der Waals surface area contributed by atoms with Crippen molar-refractivity contribution in [2.75, 3.05) is 17.7 Å². The van der Waals surface area contributed by atoms with E-state index >= 15 is 0 Å². The highest BCUT2D eigenvalue weighted by Gasteiger charge is 2.24. The molecule has 1 heterocycles. The molecule has 0 saturated heterocycles. The summed E-state index contributed by atoms with van der Waals surface area (Å²) >= 11 is 7.48. The van der Waals surface area contributed by atoms with Gasteiger partial charge in [0.2, 0.25) is 5.91 Å². The third-order valence-electron chi connectivity index (χ3n) is 5.09. The van der Waals surface area contributed by atoms with E-state index in [2.05, 4.69) is 34.7 Å². The summed E-state index contributed by atoms with van der Waals surface area (Å²) in [5, 5.41) is 15.5. The molecule has 1 aromatic heterocycles. The van der Waals surface area contributed by atoms with Gasteiger partial charge >= 0.3 is 0 Å². The second-order valence-corrected chi connectivity index (χ2v) is 9.68. The van der Waals surface area contributed by atoms with Gasteiger partial charge in [-0.2, -0.15) is 0 Å². The number of hydrogen-bond acceptors (Lipinski definition) is 6. The molecule has 35 heavy (non-hydrogen) atoms. The number of aromatic nitrogens is 3. The minimum Gasteiger partial charge on any atom is -0.494 e. The number of thioether (sulfide) groups is 1. The zero-order valence-electron chi connectivity index (χ0n) is 20.2. The molecule has 2 amide bonds. The van der Waals surface area contributed by atoms with Gasteiger partial charge in [0.05, 0.1) is 29.0 Å². The van der Waals surface area contributed by atoms with Crippen molar-refractivity contribution in [3.8, 4) is 5.75 Å². The van der Waals surface area contributed by atoms with E-state index in [1.165, 1.54) is 11.8 Å². The van der Waals surface area contributed by atoms with Gasteiger partial charge in [0.1, 0.15) is 5.75 Å². The van der Waals surface area contributed by atoms with Crippen molar-refractivity contribution in [3.05, 3.63) is 64.9 Å². The first-order valence-corrected chi connectivity index (χ1v) is 12.7. The van der Waals surface area contributed by atoms with E-state index in [1.54, 1.807) is 36.4 Å². The van der Waals surface area contributed by atoms with E-state index in [0.717, 1.165) is 5.75 Å². The van der Waals surface area contributed by atoms with Crippen LogP contribution in [0.2, 0.25) is 5.02 Å². The highest BCUT2D eigenvalue weighted by molar-refractivity contribution is 7.99. The lowest BCUT2D eigenvalue weighted by atomic mass is 10.0. The molecule has 3 rings (SSSR count). The molecule has 2 aromatic carbocycles. The summed E-state index contributed by atoms with van der Waals surface area (Å²) in [7, 11) is 1.83. The van der Waals surface area contributed by atoms with Crippen molar-refractivity contribution in [2.24, 2.45) is 13.0 Å². The maximum atomic E-state index is 12.9. The Balaban J connectivity index is 1.65. The van der Waals surface area contributed by atoms with Gasteiger partial charge in [0.15, 0.2) is 11.0 Å². The Kier molecular flexibility index (Phi) is 9.56. The zero-order chi connectivity index (χ0) is 25.4. The van der Waals surface area contributed by atoms with Gasteiger partial charge in [-0.05, 0) is 55.7 Å². The fourth-order valence-corrected chi connectivity index (χ4v) is 4.40. The molecule has 0 aliphatic carbocycles. The molecular weight excluding hydrogens is 486 g/mol. The van der Waals surface area contributed by atoms with Gasteiger partial charge in [-0.1, -0.05) is 49.3 Å². The summed E-state index contributed by atoms with van der Waals surface area (Å²) in [5.41, 5.74) is 1.10. The van der Waals surface area contributed by atoms with Crippen LogP contribution in [0.15, 0.2) is 53.7 Å². The van der Waals surface area contributed by atoms with Crippen molar-refractivity contribution in [1.29, 1.82) is 0 Å². The molecule has 0 fully saturated rings.